The molecule has 0 aliphatic rings. The molecule has 2 rings (SSSR count). The molecular formula is C25H32O5. The van der Waals surface area contributed by atoms with Crippen LogP contribution in [-0.2, 0) is 16.1 Å². The molecule has 5 heteroatoms. The molecule has 2 aromatic rings. The lowest BCUT2D eigenvalue weighted by atomic mass is 10.00. The molecule has 0 amide bonds. The van der Waals surface area contributed by atoms with E-state index in [1.165, 1.54) is 0 Å². The first-order valence-corrected chi connectivity index (χ1v) is 10.1. The molecular weight excluding hydrogens is 380 g/mol. The van der Waals surface area contributed by atoms with Gasteiger partial charge in [-0.25, -0.2) is 0 Å². The van der Waals surface area contributed by atoms with Gasteiger partial charge in [-0.2, -0.15) is 0 Å². The van der Waals surface area contributed by atoms with Crippen LogP contribution in [-0.4, -0.2) is 41.7 Å². The van der Waals surface area contributed by atoms with E-state index in [0.717, 1.165) is 27.8 Å². The molecule has 0 heterocycles. The van der Waals surface area contributed by atoms with Gasteiger partial charge in [-0.1, -0.05) is 30.3 Å². The number of ether oxygens (including phenoxy) is 2. The van der Waals surface area contributed by atoms with E-state index in [1.54, 1.807) is 25.3 Å². The van der Waals surface area contributed by atoms with Gasteiger partial charge in [-0.3, -0.25) is 0 Å². The number of hydrogen-bond acceptors (Lipinski definition) is 5. The third-order valence-corrected chi connectivity index (χ3v) is 4.77. The Bertz CT molecular complexity index is 830. The Morgan fingerprint density at radius 3 is 2.40 bits per heavy atom. The predicted octanol–water partition coefficient (Wildman–Crippen LogP) is 4.13. The van der Waals surface area contributed by atoms with Crippen molar-refractivity contribution in [3.8, 4) is 5.75 Å². The Labute approximate surface area is 178 Å². The third kappa shape index (κ3) is 7.79. The van der Waals surface area contributed by atoms with Gasteiger partial charge in [0.15, 0.2) is 0 Å². The van der Waals surface area contributed by atoms with Gasteiger partial charge in [-0.05, 0) is 59.9 Å². The van der Waals surface area contributed by atoms with E-state index in [0.29, 0.717) is 26.1 Å². The second-order valence-electron chi connectivity index (χ2n) is 7.50. The highest BCUT2D eigenvalue weighted by Crippen LogP contribution is 2.27. The number of aromatic hydroxyl groups is 1. The molecule has 30 heavy (non-hydrogen) atoms. The van der Waals surface area contributed by atoms with Gasteiger partial charge in [0.05, 0.1) is 32.0 Å². The maximum Gasteiger partial charge on any atom is 0.121 e. The highest BCUT2D eigenvalue weighted by molar-refractivity contribution is 5.42. The van der Waals surface area contributed by atoms with Crippen molar-refractivity contribution in [2.75, 3.05) is 20.3 Å². The van der Waals surface area contributed by atoms with Gasteiger partial charge in [-0.15, -0.1) is 5.73 Å². The SMILES string of the molecule is COCC(=C=CC[C@@H](O)c1cc(C)c(O)c(C)c1)C[C@@H](O)COCc1ccccc1. The number of phenolic OH excluding ortho intramolecular Hbond substituents is 1. The number of benzene rings is 2. The lowest BCUT2D eigenvalue weighted by Crippen LogP contribution is -2.17. The molecule has 2 aromatic carbocycles. The van der Waals surface area contributed by atoms with Crippen molar-refractivity contribution in [2.45, 2.75) is 45.5 Å². The zero-order valence-electron chi connectivity index (χ0n) is 18.0. The summed E-state index contributed by atoms with van der Waals surface area (Å²) in [7, 11) is 1.59. The summed E-state index contributed by atoms with van der Waals surface area (Å²) in [6.45, 7) is 4.64. The highest BCUT2D eigenvalue weighted by Gasteiger charge is 2.11. The normalized spacial score (nSPS) is 12.8. The van der Waals surface area contributed by atoms with Crippen molar-refractivity contribution >= 4 is 0 Å². The smallest absolute Gasteiger partial charge is 0.121 e. The van der Waals surface area contributed by atoms with Gasteiger partial charge >= 0.3 is 0 Å². The second kappa shape index (κ2) is 12.3. The molecule has 0 spiro atoms. The van der Waals surface area contributed by atoms with Gasteiger partial charge in [0.1, 0.15) is 5.75 Å². The van der Waals surface area contributed by atoms with Gasteiger partial charge < -0.3 is 24.8 Å². The monoisotopic (exact) mass is 412 g/mol. The first-order valence-electron chi connectivity index (χ1n) is 10.1. The molecule has 5 nitrogen and oxygen atoms in total. The highest BCUT2D eigenvalue weighted by atomic mass is 16.5. The fraction of sp³-hybridized carbons (Fsp3) is 0.400. The zero-order valence-corrected chi connectivity index (χ0v) is 18.0. The van der Waals surface area contributed by atoms with Crippen LogP contribution in [0.4, 0.5) is 0 Å². The van der Waals surface area contributed by atoms with Crippen LogP contribution in [0.2, 0.25) is 0 Å². The Balaban J connectivity index is 1.91. The molecule has 162 valence electrons. The van der Waals surface area contributed by atoms with Gasteiger partial charge in [0.2, 0.25) is 0 Å². The lowest BCUT2D eigenvalue weighted by Gasteiger charge is -2.13. The van der Waals surface area contributed by atoms with Crippen LogP contribution < -0.4 is 0 Å². The zero-order chi connectivity index (χ0) is 21.9. The van der Waals surface area contributed by atoms with Crippen LogP contribution in [0.1, 0.15) is 41.2 Å². The number of aliphatic hydroxyl groups is 2. The molecule has 0 aliphatic carbocycles. The number of phenols is 1. The topological polar surface area (TPSA) is 79.2 Å². The Kier molecular flexibility index (Phi) is 9.81. The summed E-state index contributed by atoms with van der Waals surface area (Å²) in [6, 6.07) is 13.4. The fourth-order valence-corrected chi connectivity index (χ4v) is 3.20. The number of methoxy groups -OCH3 is 1. The third-order valence-electron chi connectivity index (χ3n) is 4.77. The number of aliphatic hydroxyl groups excluding tert-OH is 2. The molecule has 0 radical (unpaired) electrons. The number of hydrogen-bond donors (Lipinski definition) is 3. The maximum absolute atomic E-state index is 10.4. The minimum absolute atomic E-state index is 0.221. The van der Waals surface area contributed by atoms with Crippen molar-refractivity contribution in [2.24, 2.45) is 0 Å². The predicted molar refractivity (Wildman–Crippen MR) is 117 cm³/mol. The van der Waals surface area contributed by atoms with E-state index >= 15 is 0 Å². The van der Waals surface area contributed by atoms with Crippen LogP contribution in [0.15, 0.2) is 59.8 Å². The molecule has 0 saturated carbocycles. The first-order chi connectivity index (χ1) is 14.4. The summed E-state index contributed by atoms with van der Waals surface area (Å²) in [6.07, 6.45) is 1.16. The molecule has 0 saturated heterocycles. The van der Waals surface area contributed by atoms with E-state index in [9.17, 15) is 15.3 Å². The summed E-state index contributed by atoms with van der Waals surface area (Å²) in [5.41, 5.74) is 7.24. The molecule has 0 aromatic heterocycles. The Hall–Kier alpha value is -2.40. The lowest BCUT2D eigenvalue weighted by molar-refractivity contribution is 0.0273. The molecule has 0 fully saturated rings. The van der Waals surface area contributed by atoms with E-state index in [2.05, 4.69) is 5.73 Å². The molecule has 3 N–H and O–H groups in total. The van der Waals surface area contributed by atoms with E-state index in [4.69, 9.17) is 9.47 Å². The summed E-state index contributed by atoms with van der Waals surface area (Å²) in [5.74, 6) is 0.257. The molecule has 0 unspecified atom stereocenters. The summed E-state index contributed by atoms with van der Waals surface area (Å²) in [4.78, 5) is 0. The summed E-state index contributed by atoms with van der Waals surface area (Å²) >= 11 is 0. The average molecular weight is 413 g/mol. The molecule has 0 bridgehead atoms. The fourth-order valence-electron chi connectivity index (χ4n) is 3.20. The largest absolute Gasteiger partial charge is 0.507 e. The van der Waals surface area contributed by atoms with E-state index < -0.39 is 12.2 Å². The van der Waals surface area contributed by atoms with E-state index in [-0.39, 0.29) is 12.4 Å². The van der Waals surface area contributed by atoms with Crippen molar-refractivity contribution in [1.29, 1.82) is 0 Å². The van der Waals surface area contributed by atoms with Crippen LogP contribution in [0, 0.1) is 13.8 Å². The minimum atomic E-state index is -0.696. The van der Waals surface area contributed by atoms with E-state index in [1.807, 2.05) is 44.2 Å². The maximum atomic E-state index is 10.4. The minimum Gasteiger partial charge on any atom is -0.507 e. The standard InChI is InChI=1S/C25H32O5/c1-18-12-22(13-19(2)25(18)28)24(27)11-7-10-21(15-29-3)14-23(26)17-30-16-20-8-5-4-6-9-20/h4-9,12-13,23-24,26-28H,11,14-17H2,1-3H3/t10?,23-,24-/m1/s1. The van der Waals surface area contributed by atoms with Crippen molar-refractivity contribution in [3.05, 3.63) is 82.1 Å². The first kappa shape index (κ1) is 23.9. The van der Waals surface area contributed by atoms with Gasteiger partial charge in [0, 0.05) is 20.0 Å². The van der Waals surface area contributed by atoms with Gasteiger partial charge in [0.25, 0.3) is 0 Å². The quantitative estimate of drug-likeness (QED) is 0.484. The Morgan fingerprint density at radius 1 is 1.10 bits per heavy atom. The second-order valence-corrected chi connectivity index (χ2v) is 7.50. The number of aryl methyl sites for hydroxylation is 2. The molecule has 0 aliphatic heterocycles. The van der Waals surface area contributed by atoms with Crippen molar-refractivity contribution in [3.63, 3.8) is 0 Å². The van der Waals surface area contributed by atoms with Crippen molar-refractivity contribution < 1.29 is 24.8 Å². The van der Waals surface area contributed by atoms with Crippen LogP contribution in [0.3, 0.4) is 0 Å². The van der Waals surface area contributed by atoms with Crippen molar-refractivity contribution in [1.82, 2.24) is 0 Å². The van der Waals surface area contributed by atoms with Crippen LogP contribution in [0.5, 0.6) is 5.75 Å². The molecule has 2 atom stereocenters. The van der Waals surface area contributed by atoms with Crippen LogP contribution >= 0.6 is 0 Å². The Morgan fingerprint density at radius 2 is 1.77 bits per heavy atom. The number of rotatable bonds is 11. The summed E-state index contributed by atoms with van der Waals surface area (Å²) in [5, 5.41) is 30.6. The average Bonchev–Trinajstić information content (AvgIpc) is 2.72. The summed E-state index contributed by atoms with van der Waals surface area (Å²) < 4.78 is 10.8. The van der Waals surface area contributed by atoms with Crippen LogP contribution in [0.25, 0.3) is 0 Å².